The molecule has 24 heavy (non-hydrogen) atoms. The number of nitrogens with zero attached hydrogens (tertiary/aromatic N) is 1. The largest absolute Gasteiger partial charge is 0.356 e. The summed E-state index contributed by atoms with van der Waals surface area (Å²) < 4.78 is 0. The second-order valence-electron chi connectivity index (χ2n) is 7.17. The Kier molecular flexibility index (Phi) is 9.67. The topological polar surface area (TPSA) is 61.4 Å². The zero-order valence-electron chi connectivity index (χ0n) is 15.2. The van der Waals surface area contributed by atoms with Gasteiger partial charge >= 0.3 is 0 Å². The molecule has 5 nitrogen and oxygen atoms in total. The van der Waals surface area contributed by atoms with Crippen molar-refractivity contribution in [3.63, 3.8) is 0 Å². The molecule has 0 aromatic heterocycles. The van der Waals surface area contributed by atoms with Crippen LogP contribution in [0.1, 0.15) is 58.8 Å². The summed E-state index contributed by atoms with van der Waals surface area (Å²) in [6, 6.07) is 0.434. The molecule has 140 valence electrons. The number of carbonyl (C=O) groups excluding carboxylic acids is 2. The van der Waals surface area contributed by atoms with Crippen LogP contribution < -0.4 is 10.6 Å². The predicted octanol–water partition coefficient (Wildman–Crippen LogP) is 2.34. The average Bonchev–Trinajstić information content (AvgIpc) is 2.58. The summed E-state index contributed by atoms with van der Waals surface area (Å²) in [5.74, 6) is 0.752. The van der Waals surface area contributed by atoms with Gasteiger partial charge in [0, 0.05) is 37.5 Å². The Morgan fingerprint density at radius 1 is 1.12 bits per heavy atom. The van der Waals surface area contributed by atoms with Crippen molar-refractivity contribution in [1.82, 2.24) is 15.5 Å². The zero-order valence-corrected chi connectivity index (χ0v) is 16.0. The van der Waals surface area contributed by atoms with Crippen LogP contribution >= 0.6 is 12.4 Å². The van der Waals surface area contributed by atoms with Gasteiger partial charge in [-0.2, -0.15) is 0 Å². The predicted molar refractivity (Wildman–Crippen MR) is 99.3 cm³/mol. The van der Waals surface area contributed by atoms with E-state index >= 15 is 0 Å². The molecule has 2 amide bonds. The van der Waals surface area contributed by atoms with Crippen LogP contribution in [0.25, 0.3) is 0 Å². The summed E-state index contributed by atoms with van der Waals surface area (Å²) in [7, 11) is 0. The van der Waals surface area contributed by atoms with Crippen LogP contribution in [-0.2, 0) is 9.59 Å². The molecule has 2 fully saturated rings. The SMILES string of the molecule is CCCCCNC(=O)C1CCN(C(=O)[C@H]2CCN[C@@H](C)C2)CC1.Cl. The number of nitrogens with one attached hydrogen (secondary N) is 2. The first-order valence-corrected chi connectivity index (χ1v) is 9.41. The molecular weight excluding hydrogens is 326 g/mol. The van der Waals surface area contributed by atoms with Gasteiger partial charge in [0.15, 0.2) is 0 Å². The second-order valence-corrected chi connectivity index (χ2v) is 7.17. The maximum Gasteiger partial charge on any atom is 0.225 e. The highest BCUT2D eigenvalue weighted by molar-refractivity contribution is 5.85. The Morgan fingerprint density at radius 2 is 1.83 bits per heavy atom. The van der Waals surface area contributed by atoms with Crippen molar-refractivity contribution in [3.8, 4) is 0 Å². The molecule has 0 spiro atoms. The standard InChI is InChI=1S/C18H33N3O2.ClH/c1-3-4-5-9-20-17(22)15-7-11-21(12-8-15)18(23)16-6-10-19-14(2)13-16;/h14-16,19H,3-13H2,1-2H3,(H,20,22);1H/t14-,16-;/m0./s1. The summed E-state index contributed by atoms with van der Waals surface area (Å²) in [6.45, 7) is 7.52. The van der Waals surface area contributed by atoms with Crippen LogP contribution in [0.5, 0.6) is 0 Å². The van der Waals surface area contributed by atoms with Crippen molar-refractivity contribution in [2.75, 3.05) is 26.2 Å². The van der Waals surface area contributed by atoms with Crippen molar-refractivity contribution in [3.05, 3.63) is 0 Å². The molecule has 2 aliphatic rings. The van der Waals surface area contributed by atoms with Gasteiger partial charge in [-0.15, -0.1) is 12.4 Å². The lowest BCUT2D eigenvalue weighted by molar-refractivity contribution is -0.140. The van der Waals surface area contributed by atoms with E-state index in [0.29, 0.717) is 11.9 Å². The quantitative estimate of drug-likeness (QED) is 0.715. The molecule has 0 aliphatic carbocycles. The van der Waals surface area contributed by atoms with E-state index in [-0.39, 0.29) is 30.2 Å². The number of hydrogen-bond acceptors (Lipinski definition) is 3. The maximum atomic E-state index is 12.6. The van der Waals surface area contributed by atoms with Gasteiger partial charge in [0.25, 0.3) is 0 Å². The van der Waals surface area contributed by atoms with Gasteiger partial charge in [-0.3, -0.25) is 9.59 Å². The Balaban J connectivity index is 0.00000288. The van der Waals surface area contributed by atoms with Crippen LogP contribution in [0.3, 0.4) is 0 Å². The van der Waals surface area contributed by atoms with E-state index in [1.165, 1.54) is 12.8 Å². The normalized spacial score (nSPS) is 25.0. The third kappa shape index (κ3) is 6.25. The van der Waals surface area contributed by atoms with Crippen LogP contribution in [-0.4, -0.2) is 48.9 Å². The Labute approximate surface area is 152 Å². The van der Waals surface area contributed by atoms with Gasteiger partial charge in [0.1, 0.15) is 0 Å². The molecule has 2 rings (SSSR count). The molecule has 0 unspecified atom stereocenters. The molecule has 2 heterocycles. The van der Waals surface area contributed by atoms with Crippen molar-refractivity contribution in [2.45, 2.75) is 64.8 Å². The number of hydrogen-bond donors (Lipinski definition) is 2. The third-order valence-corrected chi connectivity index (χ3v) is 5.23. The first-order valence-electron chi connectivity index (χ1n) is 9.41. The van der Waals surface area contributed by atoms with Crippen molar-refractivity contribution < 1.29 is 9.59 Å². The van der Waals surface area contributed by atoms with Crippen LogP contribution in [0.2, 0.25) is 0 Å². The minimum absolute atomic E-state index is 0. The molecule has 0 radical (unpaired) electrons. The zero-order chi connectivity index (χ0) is 16.7. The molecule has 0 saturated carbocycles. The van der Waals surface area contributed by atoms with E-state index in [1.807, 2.05) is 4.90 Å². The summed E-state index contributed by atoms with van der Waals surface area (Å²) in [5.41, 5.74) is 0. The maximum absolute atomic E-state index is 12.6. The Morgan fingerprint density at radius 3 is 2.46 bits per heavy atom. The molecule has 2 N–H and O–H groups in total. The van der Waals surface area contributed by atoms with Gasteiger partial charge in [-0.25, -0.2) is 0 Å². The highest BCUT2D eigenvalue weighted by Gasteiger charge is 2.32. The summed E-state index contributed by atoms with van der Waals surface area (Å²) in [5, 5.41) is 6.45. The molecule has 0 aromatic carbocycles. The van der Waals surface area contributed by atoms with E-state index in [1.54, 1.807) is 0 Å². The Hall–Kier alpha value is -0.810. The van der Waals surface area contributed by atoms with Gasteiger partial charge in [0.05, 0.1) is 0 Å². The lowest BCUT2D eigenvalue weighted by atomic mass is 9.90. The molecule has 0 aromatic rings. The van der Waals surface area contributed by atoms with Crippen LogP contribution in [0.4, 0.5) is 0 Å². The van der Waals surface area contributed by atoms with Crippen LogP contribution in [0.15, 0.2) is 0 Å². The summed E-state index contributed by atoms with van der Waals surface area (Å²) in [6.07, 6.45) is 6.91. The highest BCUT2D eigenvalue weighted by atomic mass is 35.5. The number of likely N-dealkylation sites (tertiary alicyclic amines) is 1. The van der Waals surface area contributed by atoms with Gasteiger partial charge in [0.2, 0.25) is 11.8 Å². The first kappa shape index (κ1) is 21.2. The number of carbonyl (C=O) groups is 2. The smallest absolute Gasteiger partial charge is 0.225 e. The average molecular weight is 360 g/mol. The number of amides is 2. The Bertz CT molecular complexity index is 398. The fourth-order valence-electron chi connectivity index (χ4n) is 3.71. The summed E-state index contributed by atoms with van der Waals surface area (Å²) in [4.78, 5) is 26.8. The van der Waals surface area contributed by atoms with Gasteiger partial charge in [-0.1, -0.05) is 19.8 Å². The van der Waals surface area contributed by atoms with E-state index in [0.717, 1.165) is 58.3 Å². The second kappa shape index (κ2) is 10.9. The van der Waals surface area contributed by atoms with E-state index in [2.05, 4.69) is 24.5 Å². The van der Waals surface area contributed by atoms with Gasteiger partial charge < -0.3 is 15.5 Å². The number of halogens is 1. The lowest BCUT2D eigenvalue weighted by Gasteiger charge is -2.36. The summed E-state index contributed by atoms with van der Waals surface area (Å²) >= 11 is 0. The number of piperidine rings is 2. The number of rotatable bonds is 6. The molecular formula is C18H34ClN3O2. The molecule has 2 saturated heterocycles. The van der Waals surface area contributed by atoms with Crippen molar-refractivity contribution in [2.24, 2.45) is 11.8 Å². The van der Waals surface area contributed by atoms with E-state index < -0.39 is 0 Å². The highest BCUT2D eigenvalue weighted by Crippen LogP contribution is 2.23. The third-order valence-electron chi connectivity index (χ3n) is 5.23. The molecule has 2 aliphatic heterocycles. The molecule has 6 heteroatoms. The first-order chi connectivity index (χ1) is 11.1. The van der Waals surface area contributed by atoms with Gasteiger partial charge in [-0.05, 0) is 45.6 Å². The fraction of sp³-hybridized carbons (Fsp3) is 0.889. The minimum Gasteiger partial charge on any atom is -0.356 e. The molecule has 0 bridgehead atoms. The van der Waals surface area contributed by atoms with Crippen molar-refractivity contribution >= 4 is 24.2 Å². The number of unbranched alkanes of at least 4 members (excludes halogenated alkanes) is 2. The van der Waals surface area contributed by atoms with E-state index in [4.69, 9.17) is 0 Å². The van der Waals surface area contributed by atoms with E-state index in [9.17, 15) is 9.59 Å². The molecule has 2 atom stereocenters. The fourth-order valence-corrected chi connectivity index (χ4v) is 3.71. The van der Waals surface area contributed by atoms with Crippen molar-refractivity contribution in [1.29, 1.82) is 0 Å². The minimum atomic E-state index is 0. The lowest BCUT2D eigenvalue weighted by Crippen LogP contribution is -2.48. The monoisotopic (exact) mass is 359 g/mol. The van der Waals surface area contributed by atoms with Crippen LogP contribution in [0, 0.1) is 11.8 Å².